The molecule has 1 saturated heterocycles. The Morgan fingerprint density at radius 2 is 2.00 bits per heavy atom. The van der Waals surface area contributed by atoms with Crippen molar-refractivity contribution in [1.82, 2.24) is 4.57 Å². The minimum atomic E-state index is 0.203. The first kappa shape index (κ1) is 17.4. The summed E-state index contributed by atoms with van der Waals surface area (Å²) in [7, 11) is 0. The molecular formula is C20H20ClN3OS. The van der Waals surface area contributed by atoms with Gasteiger partial charge in [-0.25, -0.2) is 0 Å². The molecule has 0 bridgehead atoms. The number of thioether (sulfide) groups is 1. The van der Waals surface area contributed by atoms with E-state index in [1.807, 2.05) is 35.4 Å². The SMILES string of the molecule is CCc1ccc2c(c1)c(N=Nc1ccc(Cl)cc1C)c(O)n2C1CSC1. The molecule has 0 atom stereocenters. The average Bonchev–Trinajstić information content (AvgIpc) is 2.84. The maximum absolute atomic E-state index is 10.9. The fourth-order valence-corrected chi connectivity index (χ4v) is 4.20. The summed E-state index contributed by atoms with van der Waals surface area (Å²) in [5.74, 6) is 2.23. The lowest BCUT2D eigenvalue weighted by atomic mass is 10.1. The van der Waals surface area contributed by atoms with E-state index in [4.69, 9.17) is 11.6 Å². The number of fused-ring (bicyclic) bond motifs is 1. The third kappa shape index (κ3) is 2.99. The van der Waals surface area contributed by atoms with Gasteiger partial charge in [-0.2, -0.15) is 16.9 Å². The van der Waals surface area contributed by atoms with Gasteiger partial charge < -0.3 is 9.67 Å². The van der Waals surface area contributed by atoms with Crippen LogP contribution >= 0.6 is 23.4 Å². The van der Waals surface area contributed by atoms with E-state index in [2.05, 4.69) is 35.4 Å². The van der Waals surface area contributed by atoms with E-state index in [1.165, 1.54) is 5.56 Å². The molecule has 26 heavy (non-hydrogen) atoms. The van der Waals surface area contributed by atoms with Crippen LogP contribution in [0.3, 0.4) is 0 Å². The molecule has 1 aromatic heterocycles. The largest absolute Gasteiger partial charge is 0.493 e. The molecule has 0 amide bonds. The zero-order valence-electron chi connectivity index (χ0n) is 14.7. The molecule has 1 fully saturated rings. The molecule has 4 nitrogen and oxygen atoms in total. The van der Waals surface area contributed by atoms with Crippen molar-refractivity contribution < 1.29 is 5.11 Å². The second-order valence-corrected chi connectivity index (χ2v) is 8.08. The van der Waals surface area contributed by atoms with Gasteiger partial charge in [-0.1, -0.05) is 24.6 Å². The van der Waals surface area contributed by atoms with Crippen LogP contribution in [0.5, 0.6) is 5.88 Å². The number of nitrogens with zero attached hydrogens (tertiary/aromatic N) is 3. The number of aromatic nitrogens is 1. The van der Waals surface area contributed by atoms with Gasteiger partial charge in [0.15, 0.2) is 5.69 Å². The Morgan fingerprint density at radius 1 is 1.19 bits per heavy atom. The molecule has 1 aliphatic rings. The summed E-state index contributed by atoms with van der Waals surface area (Å²) in [4.78, 5) is 0. The summed E-state index contributed by atoms with van der Waals surface area (Å²) in [6.07, 6.45) is 0.939. The third-order valence-corrected chi connectivity index (χ3v) is 6.30. The van der Waals surface area contributed by atoms with Crippen LogP contribution in [-0.2, 0) is 6.42 Å². The van der Waals surface area contributed by atoms with E-state index in [0.29, 0.717) is 16.8 Å². The predicted octanol–water partition coefficient (Wildman–Crippen LogP) is 6.57. The maximum atomic E-state index is 10.9. The molecule has 6 heteroatoms. The lowest BCUT2D eigenvalue weighted by molar-refractivity contribution is 0.406. The summed E-state index contributed by atoms with van der Waals surface area (Å²) in [5, 5.41) is 21.3. The van der Waals surface area contributed by atoms with Crippen molar-refractivity contribution in [1.29, 1.82) is 0 Å². The summed E-state index contributed by atoms with van der Waals surface area (Å²) in [6.45, 7) is 4.07. The van der Waals surface area contributed by atoms with Crippen molar-refractivity contribution in [3.63, 3.8) is 0 Å². The fourth-order valence-electron chi connectivity index (χ4n) is 3.23. The van der Waals surface area contributed by atoms with E-state index < -0.39 is 0 Å². The van der Waals surface area contributed by atoms with Gasteiger partial charge in [-0.3, -0.25) is 0 Å². The van der Waals surface area contributed by atoms with E-state index in [1.54, 1.807) is 6.07 Å². The van der Waals surface area contributed by atoms with E-state index in [0.717, 1.165) is 40.1 Å². The number of hydrogen-bond acceptors (Lipinski definition) is 4. The molecule has 0 saturated carbocycles. The highest BCUT2D eigenvalue weighted by molar-refractivity contribution is 8.00. The highest BCUT2D eigenvalue weighted by Crippen LogP contribution is 2.45. The highest BCUT2D eigenvalue weighted by Gasteiger charge is 2.27. The van der Waals surface area contributed by atoms with Gasteiger partial charge in [0, 0.05) is 21.9 Å². The van der Waals surface area contributed by atoms with Crippen LogP contribution in [0.4, 0.5) is 11.4 Å². The van der Waals surface area contributed by atoms with E-state index in [-0.39, 0.29) is 5.88 Å². The fraction of sp³-hybridized carbons (Fsp3) is 0.300. The second kappa shape index (κ2) is 6.97. The molecule has 1 aliphatic heterocycles. The van der Waals surface area contributed by atoms with Gasteiger partial charge in [-0.15, -0.1) is 5.11 Å². The van der Waals surface area contributed by atoms with Crippen molar-refractivity contribution in [2.45, 2.75) is 26.3 Å². The van der Waals surface area contributed by atoms with Gasteiger partial charge in [0.1, 0.15) is 0 Å². The molecule has 3 aromatic rings. The van der Waals surface area contributed by atoms with Crippen molar-refractivity contribution in [3.8, 4) is 5.88 Å². The zero-order valence-corrected chi connectivity index (χ0v) is 16.3. The first-order chi connectivity index (χ1) is 12.6. The summed E-state index contributed by atoms with van der Waals surface area (Å²) >= 11 is 7.90. The zero-order chi connectivity index (χ0) is 18.3. The van der Waals surface area contributed by atoms with Crippen LogP contribution in [0.25, 0.3) is 10.9 Å². The van der Waals surface area contributed by atoms with Gasteiger partial charge in [0.05, 0.1) is 17.2 Å². The minimum Gasteiger partial charge on any atom is -0.493 e. The second-order valence-electron chi connectivity index (χ2n) is 6.57. The molecule has 0 unspecified atom stereocenters. The number of aryl methyl sites for hydroxylation is 2. The molecular weight excluding hydrogens is 366 g/mol. The summed E-state index contributed by atoms with van der Waals surface area (Å²) in [6, 6.07) is 12.1. The predicted molar refractivity (Wildman–Crippen MR) is 110 cm³/mol. The molecule has 2 aromatic carbocycles. The van der Waals surface area contributed by atoms with Gasteiger partial charge in [0.25, 0.3) is 0 Å². The summed E-state index contributed by atoms with van der Waals surface area (Å²) < 4.78 is 2.01. The van der Waals surface area contributed by atoms with Crippen LogP contribution in [0, 0.1) is 6.92 Å². The van der Waals surface area contributed by atoms with Crippen LogP contribution in [0.1, 0.15) is 24.1 Å². The Labute approximate surface area is 161 Å². The Balaban J connectivity index is 1.85. The van der Waals surface area contributed by atoms with Crippen LogP contribution in [-0.4, -0.2) is 21.2 Å². The number of benzene rings is 2. The summed E-state index contributed by atoms with van der Waals surface area (Å²) in [5.41, 5.74) is 4.49. The van der Waals surface area contributed by atoms with Crippen LogP contribution in [0.15, 0.2) is 46.6 Å². The third-order valence-electron chi connectivity index (χ3n) is 4.83. The Morgan fingerprint density at radius 3 is 2.65 bits per heavy atom. The lowest BCUT2D eigenvalue weighted by Gasteiger charge is -2.27. The van der Waals surface area contributed by atoms with Crippen molar-refractivity contribution in [2.24, 2.45) is 10.2 Å². The number of hydrogen-bond donors (Lipinski definition) is 1. The molecule has 134 valence electrons. The average molecular weight is 386 g/mol. The van der Waals surface area contributed by atoms with Crippen molar-refractivity contribution in [2.75, 3.05) is 11.5 Å². The number of rotatable bonds is 4. The van der Waals surface area contributed by atoms with Gasteiger partial charge >= 0.3 is 0 Å². The monoisotopic (exact) mass is 385 g/mol. The minimum absolute atomic E-state index is 0.203. The van der Waals surface area contributed by atoms with Gasteiger partial charge in [-0.05, 0) is 54.8 Å². The van der Waals surface area contributed by atoms with E-state index in [9.17, 15) is 5.11 Å². The number of azo groups is 1. The lowest BCUT2D eigenvalue weighted by Crippen LogP contribution is -2.22. The molecule has 4 rings (SSSR count). The number of halogens is 1. The Kier molecular flexibility index (Phi) is 4.67. The van der Waals surface area contributed by atoms with Crippen LogP contribution < -0.4 is 0 Å². The standard InChI is InChI=1S/C20H20ClN3OS/c1-3-13-4-7-18-16(9-13)19(20(25)24(18)15-10-26-11-15)23-22-17-6-5-14(21)8-12(17)2/h4-9,15,25H,3,10-11H2,1-2H3. The first-order valence-electron chi connectivity index (χ1n) is 8.70. The first-order valence-corrected chi connectivity index (χ1v) is 10.2. The Hall–Kier alpha value is -1.98. The molecule has 1 N–H and O–H groups in total. The normalized spacial score (nSPS) is 15.0. The number of aromatic hydroxyl groups is 1. The molecule has 0 radical (unpaired) electrons. The highest BCUT2D eigenvalue weighted by atomic mass is 35.5. The topological polar surface area (TPSA) is 49.9 Å². The maximum Gasteiger partial charge on any atom is 0.221 e. The quantitative estimate of drug-likeness (QED) is 0.516. The van der Waals surface area contributed by atoms with Crippen LogP contribution in [0.2, 0.25) is 5.02 Å². The molecule has 2 heterocycles. The molecule has 0 aliphatic carbocycles. The molecule has 0 spiro atoms. The Bertz CT molecular complexity index is 1010. The smallest absolute Gasteiger partial charge is 0.221 e. The van der Waals surface area contributed by atoms with Crippen molar-refractivity contribution >= 4 is 45.6 Å². The van der Waals surface area contributed by atoms with Crippen molar-refractivity contribution in [3.05, 3.63) is 52.5 Å². The van der Waals surface area contributed by atoms with E-state index >= 15 is 0 Å². The van der Waals surface area contributed by atoms with Gasteiger partial charge in [0.2, 0.25) is 5.88 Å².